The first-order chi connectivity index (χ1) is 17.9. The van der Waals surface area contributed by atoms with Gasteiger partial charge in [-0.05, 0) is 81.1 Å². The van der Waals surface area contributed by atoms with Crippen LogP contribution in [0.2, 0.25) is 0 Å². The molecule has 0 amide bonds. The fourth-order valence-electron chi connectivity index (χ4n) is 5.23. The molecular weight excluding hydrogens is 480 g/mol. The monoisotopic (exact) mass is 514 g/mol. The van der Waals surface area contributed by atoms with Crippen LogP contribution in [0.25, 0.3) is 11.1 Å². The summed E-state index contributed by atoms with van der Waals surface area (Å²) in [5.74, 6) is -4.73. The second-order valence-electron chi connectivity index (χ2n) is 9.71. The lowest BCUT2D eigenvalue weighted by atomic mass is 9.83. The van der Waals surface area contributed by atoms with E-state index in [1.807, 2.05) is 6.08 Å². The lowest BCUT2D eigenvalue weighted by Gasteiger charge is -2.33. The topological polar surface area (TPSA) is 18.5 Å². The number of benzene rings is 2. The Labute approximate surface area is 216 Å². The van der Waals surface area contributed by atoms with Gasteiger partial charge in [-0.3, -0.25) is 0 Å². The highest BCUT2D eigenvalue weighted by molar-refractivity contribution is 5.66. The molecule has 2 aliphatic rings. The molecule has 0 N–H and O–H groups in total. The third-order valence-electron chi connectivity index (χ3n) is 7.31. The summed E-state index contributed by atoms with van der Waals surface area (Å²) in [4.78, 5) is 0. The maximum Gasteiger partial charge on any atom is 0.201 e. The predicted octanol–water partition coefficient (Wildman–Crippen LogP) is 8.82. The van der Waals surface area contributed by atoms with Crippen LogP contribution in [0.15, 0.2) is 60.7 Å². The summed E-state index contributed by atoms with van der Waals surface area (Å²) >= 11 is 0. The molecule has 3 atom stereocenters. The molecule has 1 aliphatic heterocycles. The first kappa shape index (κ1) is 27.2. The fraction of sp³-hybridized carbons (Fsp3) is 0.419. The van der Waals surface area contributed by atoms with E-state index in [0.717, 1.165) is 38.5 Å². The molecule has 0 bridgehead atoms. The minimum atomic E-state index is -1.27. The highest BCUT2D eigenvalue weighted by Crippen LogP contribution is 2.39. The van der Waals surface area contributed by atoms with Crippen LogP contribution in [-0.4, -0.2) is 19.3 Å². The van der Waals surface area contributed by atoms with Crippen molar-refractivity contribution in [3.63, 3.8) is 0 Å². The summed E-state index contributed by atoms with van der Waals surface area (Å²) in [5.41, 5.74) is 0.829. The quantitative estimate of drug-likeness (QED) is 0.189. The van der Waals surface area contributed by atoms with Crippen LogP contribution in [0.3, 0.4) is 0 Å². The lowest BCUT2D eigenvalue weighted by Crippen LogP contribution is -2.28. The third-order valence-corrected chi connectivity index (χ3v) is 7.31. The molecule has 0 saturated carbocycles. The van der Waals surface area contributed by atoms with Crippen LogP contribution in [0.5, 0.6) is 5.75 Å². The number of allylic oxidation sites excluding steroid dienone is 4. The molecule has 0 spiro atoms. The summed E-state index contributed by atoms with van der Waals surface area (Å²) in [6.07, 6.45) is 15.2. The second-order valence-corrected chi connectivity index (χ2v) is 9.71. The molecule has 0 aromatic heterocycles. The molecule has 0 radical (unpaired) electrons. The van der Waals surface area contributed by atoms with E-state index in [1.165, 1.54) is 29.8 Å². The van der Waals surface area contributed by atoms with Crippen molar-refractivity contribution in [1.29, 1.82) is 0 Å². The summed E-state index contributed by atoms with van der Waals surface area (Å²) in [5, 5.41) is 0. The standard InChI is InChI=1S/C31H34F4O2/c1-3-5-6-7-8-20-9-11-21(12-10-20)26-17-13-22(19-37-26)23-14-15-24(29(33)28(23)32)25-16-18-27(36-4-2)31(35)30(25)34/h3,7-8,11,14-16,18,20,22,26H,1,4-6,9-10,12-13,17,19H2,2H3/b8-7+/t20?,22-,26?/m1/s1. The molecule has 37 heavy (non-hydrogen) atoms. The maximum atomic E-state index is 15.1. The Kier molecular flexibility index (Phi) is 9.25. The number of rotatable bonds is 9. The van der Waals surface area contributed by atoms with Gasteiger partial charge in [-0.2, -0.15) is 4.39 Å². The van der Waals surface area contributed by atoms with Crippen molar-refractivity contribution in [2.75, 3.05) is 13.2 Å². The molecule has 2 aromatic carbocycles. The van der Waals surface area contributed by atoms with Crippen molar-refractivity contribution in [3.05, 3.63) is 89.6 Å². The van der Waals surface area contributed by atoms with Gasteiger partial charge >= 0.3 is 0 Å². The van der Waals surface area contributed by atoms with Gasteiger partial charge in [-0.1, -0.05) is 36.4 Å². The van der Waals surface area contributed by atoms with Crippen molar-refractivity contribution >= 4 is 0 Å². The number of hydrogen-bond donors (Lipinski definition) is 0. The normalized spacial score (nSPS) is 22.2. The van der Waals surface area contributed by atoms with Crippen LogP contribution in [0.1, 0.15) is 63.4 Å². The zero-order valence-corrected chi connectivity index (χ0v) is 21.3. The van der Waals surface area contributed by atoms with Crippen molar-refractivity contribution in [2.45, 2.75) is 63.9 Å². The highest BCUT2D eigenvalue weighted by Gasteiger charge is 2.30. The predicted molar refractivity (Wildman–Crippen MR) is 139 cm³/mol. The number of ether oxygens (including phenoxy) is 2. The minimum absolute atomic E-state index is 0.00931. The minimum Gasteiger partial charge on any atom is -0.491 e. The molecule has 6 heteroatoms. The molecular formula is C31H34F4O2. The Morgan fingerprint density at radius 3 is 2.35 bits per heavy atom. The molecule has 1 fully saturated rings. The molecule has 1 saturated heterocycles. The van der Waals surface area contributed by atoms with Gasteiger partial charge < -0.3 is 9.47 Å². The van der Waals surface area contributed by atoms with E-state index in [0.29, 0.717) is 12.3 Å². The van der Waals surface area contributed by atoms with E-state index in [4.69, 9.17) is 9.47 Å². The van der Waals surface area contributed by atoms with Gasteiger partial charge in [-0.25, -0.2) is 13.2 Å². The SMILES string of the molecule is C=CCC/C=C/C1CC=C(C2CC[C@@H](c3ccc(-c4ccc(OCC)c(F)c4F)c(F)c3F)CO2)CC1. The first-order valence-electron chi connectivity index (χ1n) is 13.1. The Balaban J connectivity index is 1.40. The molecule has 4 rings (SSSR count). The zero-order chi connectivity index (χ0) is 26.4. The Hall–Kier alpha value is -2.86. The van der Waals surface area contributed by atoms with Crippen molar-refractivity contribution in [1.82, 2.24) is 0 Å². The largest absolute Gasteiger partial charge is 0.491 e. The molecule has 2 aromatic rings. The van der Waals surface area contributed by atoms with Crippen LogP contribution in [0.4, 0.5) is 17.6 Å². The van der Waals surface area contributed by atoms with E-state index < -0.39 is 23.3 Å². The Bertz CT molecular complexity index is 1160. The third kappa shape index (κ3) is 6.18. The van der Waals surface area contributed by atoms with Crippen LogP contribution in [-0.2, 0) is 4.74 Å². The van der Waals surface area contributed by atoms with E-state index in [-0.39, 0.29) is 47.7 Å². The summed E-state index contributed by atoms with van der Waals surface area (Å²) < 4.78 is 70.2. The first-order valence-corrected chi connectivity index (χ1v) is 13.1. The summed E-state index contributed by atoms with van der Waals surface area (Å²) in [6, 6.07) is 5.19. The highest BCUT2D eigenvalue weighted by atomic mass is 19.2. The fourth-order valence-corrected chi connectivity index (χ4v) is 5.23. The van der Waals surface area contributed by atoms with Crippen LogP contribution < -0.4 is 4.74 Å². The zero-order valence-electron chi connectivity index (χ0n) is 21.3. The second kappa shape index (κ2) is 12.6. The molecule has 2 unspecified atom stereocenters. The van der Waals surface area contributed by atoms with Crippen molar-refractivity contribution in [2.24, 2.45) is 5.92 Å². The lowest BCUT2D eigenvalue weighted by molar-refractivity contribution is 0.0219. The number of hydrogen-bond acceptors (Lipinski definition) is 2. The van der Waals surface area contributed by atoms with Gasteiger partial charge in [-0.15, -0.1) is 6.58 Å². The van der Waals surface area contributed by atoms with Gasteiger partial charge in [0.1, 0.15) is 0 Å². The van der Waals surface area contributed by atoms with E-state index in [1.54, 1.807) is 6.92 Å². The Morgan fingerprint density at radius 1 is 0.946 bits per heavy atom. The number of halogens is 4. The molecule has 198 valence electrons. The van der Waals surface area contributed by atoms with Crippen molar-refractivity contribution in [3.8, 4) is 16.9 Å². The van der Waals surface area contributed by atoms with Crippen LogP contribution >= 0.6 is 0 Å². The maximum absolute atomic E-state index is 15.1. The van der Waals surface area contributed by atoms with Crippen molar-refractivity contribution < 1.29 is 27.0 Å². The molecule has 1 heterocycles. The van der Waals surface area contributed by atoms with E-state index in [9.17, 15) is 8.78 Å². The average Bonchev–Trinajstić information content (AvgIpc) is 2.92. The average molecular weight is 515 g/mol. The van der Waals surface area contributed by atoms with Gasteiger partial charge in [0.05, 0.1) is 19.3 Å². The van der Waals surface area contributed by atoms with Gasteiger partial charge in [0.25, 0.3) is 0 Å². The van der Waals surface area contributed by atoms with E-state index in [2.05, 4.69) is 24.8 Å². The molecule has 1 aliphatic carbocycles. The van der Waals surface area contributed by atoms with Gasteiger partial charge in [0.15, 0.2) is 23.2 Å². The summed E-state index contributed by atoms with van der Waals surface area (Å²) in [7, 11) is 0. The van der Waals surface area contributed by atoms with Gasteiger partial charge in [0, 0.05) is 17.0 Å². The summed E-state index contributed by atoms with van der Waals surface area (Å²) in [6.45, 7) is 5.83. The van der Waals surface area contributed by atoms with Gasteiger partial charge in [0.2, 0.25) is 5.82 Å². The van der Waals surface area contributed by atoms with E-state index >= 15 is 8.78 Å². The van der Waals surface area contributed by atoms with Crippen LogP contribution in [0, 0.1) is 29.2 Å². The Morgan fingerprint density at radius 2 is 1.70 bits per heavy atom. The molecule has 2 nitrogen and oxygen atoms in total. The number of unbranched alkanes of at least 4 members (excludes halogenated alkanes) is 1. The smallest absolute Gasteiger partial charge is 0.201 e.